The summed E-state index contributed by atoms with van der Waals surface area (Å²) in [6.07, 6.45) is 0.579. The number of carbonyl (C=O) groups is 1. The Balaban J connectivity index is 1.66. The highest BCUT2D eigenvalue weighted by Gasteiger charge is 2.15. The van der Waals surface area contributed by atoms with Gasteiger partial charge in [-0.1, -0.05) is 48.0 Å². The summed E-state index contributed by atoms with van der Waals surface area (Å²) in [6.45, 7) is 1.64. The maximum Gasteiger partial charge on any atom is 0.280 e. The van der Waals surface area contributed by atoms with Crippen LogP contribution >= 0.6 is 11.6 Å². The van der Waals surface area contributed by atoms with E-state index in [1.165, 1.54) is 12.3 Å². The molecular formula is C20H17ClN2O3. The van der Waals surface area contributed by atoms with Crippen molar-refractivity contribution in [2.75, 3.05) is 0 Å². The maximum atomic E-state index is 12.2. The van der Waals surface area contributed by atoms with E-state index in [4.69, 9.17) is 16.3 Å². The van der Waals surface area contributed by atoms with Crippen LogP contribution in [-0.2, 0) is 4.79 Å². The fraction of sp³-hybridized carbons (Fsp3) is 0.100. The van der Waals surface area contributed by atoms with Crippen molar-refractivity contribution in [1.29, 1.82) is 0 Å². The molecule has 3 rings (SSSR count). The average Bonchev–Trinajstić information content (AvgIpc) is 2.64. The van der Waals surface area contributed by atoms with Gasteiger partial charge in [0.2, 0.25) is 0 Å². The molecule has 0 aliphatic carbocycles. The van der Waals surface area contributed by atoms with Crippen molar-refractivity contribution in [1.82, 2.24) is 5.43 Å². The number of hydrogen-bond donors (Lipinski definition) is 2. The summed E-state index contributed by atoms with van der Waals surface area (Å²) in [4.78, 5) is 12.2. The molecule has 0 saturated carbocycles. The molecule has 0 bridgehead atoms. The molecule has 0 heterocycles. The highest BCUT2D eigenvalue weighted by atomic mass is 35.5. The number of amides is 1. The van der Waals surface area contributed by atoms with Crippen LogP contribution in [-0.4, -0.2) is 23.3 Å². The Kier molecular flexibility index (Phi) is 5.39. The van der Waals surface area contributed by atoms with E-state index in [9.17, 15) is 9.90 Å². The molecule has 6 heteroatoms. The van der Waals surface area contributed by atoms with Gasteiger partial charge in [0.15, 0.2) is 6.10 Å². The Bertz CT molecular complexity index is 967. The molecule has 132 valence electrons. The molecule has 0 saturated heterocycles. The van der Waals surface area contributed by atoms with E-state index in [-0.39, 0.29) is 5.75 Å². The molecule has 2 N–H and O–H groups in total. The van der Waals surface area contributed by atoms with Gasteiger partial charge in [-0.25, -0.2) is 5.43 Å². The summed E-state index contributed by atoms with van der Waals surface area (Å²) in [5.41, 5.74) is 2.80. The number of aromatic hydroxyl groups is 1. The van der Waals surface area contributed by atoms with Gasteiger partial charge in [-0.2, -0.15) is 5.10 Å². The first-order chi connectivity index (χ1) is 12.5. The van der Waals surface area contributed by atoms with Crippen LogP contribution in [0, 0.1) is 0 Å². The first kappa shape index (κ1) is 17.8. The van der Waals surface area contributed by atoms with Crippen LogP contribution in [0.3, 0.4) is 0 Å². The standard InChI is InChI=1S/C20H17ClN2O3/c1-13(26-19-8-4-6-14-5-2-3-7-17(14)19)20(25)23-22-12-15-11-16(21)9-10-18(15)24/h2-13,24H,1H3,(H,23,25)/b22-12-/t13-/m1/s1. The topological polar surface area (TPSA) is 70.9 Å². The van der Waals surface area contributed by atoms with Gasteiger partial charge in [0.25, 0.3) is 5.91 Å². The van der Waals surface area contributed by atoms with E-state index >= 15 is 0 Å². The predicted octanol–water partition coefficient (Wildman–Crippen LogP) is 4.12. The number of ether oxygens (including phenoxy) is 1. The highest BCUT2D eigenvalue weighted by Crippen LogP contribution is 2.26. The quantitative estimate of drug-likeness (QED) is 0.525. The number of phenolic OH excluding ortho intramolecular Hbond substituents is 1. The fourth-order valence-electron chi connectivity index (χ4n) is 2.43. The van der Waals surface area contributed by atoms with Crippen LogP contribution in [0.4, 0.5) is 0 Å². The molecule has 0 aliphatic heterocycles. The van der Waals surface area contributed by atoms with Crippen molar-refractivity contribution in [3.05, 3.63) is 71.2 Å². The molecule has 0 aliphatic rings. The molecule has 0 radical (unpaired) electrons. The summed E-state index contributed by atoms with van der Waals surface area (Å²) in [5.74, 6) is 0.241. The number of benzene rings is 3. The largest absolute Gasteiger partial charge is 0.507 e. The summed E-state index contributed by atoms with van der Waals surface area (Å²) in [6, 6.07) is 18.0. The van der Waals surface area contributed by atoms with Crippen molar-refractivity contribution in [3.63, 3.8) is 0 Å². The van der Waals surface area contributed by atoms with Crippen molar-refractivity contribution < 1.29 is 14.6 Å². The lowest BCUT2D eigenvalue weighted by Gasteiger charge is -2.14. The molecule has 0 spiro atoms. The zero-order valence-electron chi connectivity index (χ0n) is 14.0. The lowest BCUT2D eigenvalue weighted by Crippen LogP contribution is -2.33. The third kappa shape index (κ3) is 4.13. The maximum absolute atomic E-state index is 12.2. The number of hydrogen-bond acceptors (Lipinski definition) is 4. The van der Waals surface area contributed by atoms with Gasteiger partial charge in [0.1, 0.15) is 11.5 Å². The van der Waals surface area contributed by atoms with Crippen LogP contribution < -0.4 is 10.2 Å². The van der Waals surface area contributed by atoms with Crippen LogP contribution in [0.5, 0.6) is 11.5 Å². The minimum Gasteiger partial charge on any atom is -0.507 e. The number of rotatable bonds is 5. The Labute approximate surface area is 155 Å². The molecule has 0 unspecified atom stereocenters. The molecule has 1 atom stereocenters. The predicted molar refractivity (Wildman–Crippen MR) is 103 cm³/mol. The van der Waals surface area contributed by atoms with Crippen molar-refractivity contribution in [2.24, 2.45) is 5.10 Å². The van der Waals surface area contributed by atoms with Crippen LogP contribution in [0.25, 0.3) is 10.8 Å². The number of fused-ring (bicyclic) bond motifs is 1. The van der Waals surface area contributed by atoms with E-state index in [0.29, 0.717) is 16.3 Å². The van der Waals surface area contributed by atoms with Crippen molar-refractivity contribution in [2.45, 2.75) is 13.0 Å². The number of nitrogens with one attached hydrogen (secondary N) is 1. The van der Waals surface area contributed by atoms with Gasteiger partial charge in [-0.3, -0.25) is 4.79 Å². The van der Waals surface area contributed by atoms with Crippen LogP contribution in [0.15, 0.2) is 65.8 Å². The van der Waals surface area contributed by atoms with Gasteiger partial charge < -0.3 is 9.84 Å². The van der Waals surface area contributed by atoms with E-state index in [2.05, 4.69) is 10.5 Å². The molecule has 1 amide bonds. The third-order valence-electron chi connectivity index (χ3n) is 3.79. The smallest absolute Gasteiger partial charge is 0.280 e. The zero-order valence-corrected chi connectivity index (χ0v) is 14.8. The summed E-state index contributed by atoms with van der Waals surface area (Å²) in [7, 11) is 0. The van der Waals surface area contributed by atoms with Crippen molar-refractivity contribution >= 4 is 34.5 Å². The average molecular weight is 369 g/mol. The van der Waals surface area contributed by atoms with Crippen molar-refractivity contribution in [3.8, 4) is 11.5 Å². The Hall–Kier alpha value is -3.05. The van der Waals surface area contributed by atoms with Gasteiger partial charge in [-0.05, 0) is 36.6 Å². The molecule has 0 aromatic heterocycles. The first-order valence-electron chi connectivity index (χ1n) is 8.00. The Morgan fingerprint density at radius 3 is 2.81 bits per heavy atom. The van der Waals surface area contributed by atoms with Gasteiger partial charge in [0, 0.05) is 16.0 Å². The summed E-state index contributed by atoms with van der Waals surface area (Å²) < 4.78 is 5.78. The number of carbonyl (C=O) groups excluding carboxylic acids is 1. The molecule has 5 nitrogen and oxygen atoms in total. The Morgan fingerprint density at radius 1 is 1.19 bits per heavy atom. The summed E-state index contributed by atoms with van der Waals surface area (Å²) in [5, 5.41) is 16.0. The van der Waals surface area contributed by atoms with E-state index in [1.54, 1.807) is 19.1 Å². The zero-order chi connectivity index (χ0) is 18.5. The fourth-order valence-corrected chi connectivity index (χ4v) is 2.61. The normalized spacial score (nSPS) is 12.2. The van der Waals surface area contributed by atoms with E-state index in [1.807, 2.05) is 42.5 Å². The number of halogens is 1. The summed E-state index contributed by atoms with van der Waals surface area (Å²) >= 11 is 5.87. The SMILES string of the molecule is C[C@@H](Oc1cccc2ccccc12)C(=O)N/N=C\c1cc(Cl)ccc1O. The number of hydrazone groups is 1. The minimum atomic E-state index is -0.745. The third-order valence-corrected chi connectivity index (χ3v) is 4.03. The lowest BCUT2D eigenvalue weighted by atomic mass is 10.1. The van der Waals surface area contributed by atoms with Crippen LogP contribution in [0.2, 0.25) is 5.02 Å². The van der Waals surface area contributed by atoms with E-state index < -0.39 is 12.0 Å². The number of phenols is 1. The molecule has 0 fully saturated rings. The second-order valence-electron chi connectivity index (χ2n) is 5.67. The van der Waals surface area contributed by atoms with Gasteiger partial charge in [-0.15, -0.1) is 0 Å². The van der Waals surface area contributed by atoms with E-state index in [0.717, 1.165) is 10.8 Å². The minimum absolute atomic E-state index is 0.0208. The monoisotopic (exact) mass is 368 g/mol. The molecular weight excluding hydrogens is 352 g/mol. The van der Waals surface area contributed by atoms with Gasteiger partial charge >= 0.3 is 0 Å². The number of nitrogens with zero attached hydrogens (tertiary/aromatic N) is 1. The lowest BCUT2D eigenvalue weighted by molar-refractivity contribution is -0.127. The van der Waals surface area contributed by atoms with Gasteiger partial charge in [0.05, 0.1) is 6.21 Å². The van der Waals surface area contributed by atoms with Crippen LogP contribution in [0.1, 0.15) is 12.5 Å². The molecule has 26 heavy (non-hydrogen) atoms. The Morgan fingerprint density at radius 2 is 1.96 bits per heavy atom. The molecule has 3 aromatic carbocycles. The second-order valence-corrected chi connectivity index (χ2v) is 6.11. The molecule has 3 aromatic rings. The second kappa shape index (κ2) is 7.89. The highest BCUT2D eigenvalue weighted by molar-refractivity contribution is 6.30. The first-order valence-corrected chi connectivity index (χ1v) is 8.38.